The molecular weight excluding hydrogens is 124 g/mol. The van der Waals surface area contributed by atoms with E-state index in [2.05, 4.69) is 13.0 Å². The van der Waals surface area contributed by atoms with Gasteiger partial charge in [0, 0.05) is 7.11 Å². The van der Waals surface area contributed by atoms with Gasteiger partial charge in [-0.3, -0.25) is 0 Å². The maximum atomic E-state index is 5.22. The lowest BCUT2D eigenvalue weighted by Gasteiger charge is -2.17. The van der Waals surface area contributed by atoms with Crippen LogP contribution in [-0.2, 0) is 4.74 Å². The fourth-order valence-electron chi connectivity index (χ4n) is 1.38. The molecule has 0 unspecified atom stereocenters. The van der Waals surface area contributed by atoms with Crippen LogP contribution in [0.1, 0.15) is 32.6 Å². The van der Waals surface area contributed by atoms with Gasteiger partial charge in [-0.1, -0.05) is 6.08 Å². The van der Waals surface area contributed by atoms with Gasteiger partial charge in [0.05, 0.1) is 6.10 Å². The zero-order valence-corrected chi connectivity index (χ0v) is 6.89. The van der Waals surface area contributed by atoms with E-state index in [9.17, 15) is 0 Å². The SMILES string of the molecule is CO[C@H](C)C1=CCCCC1. The Bertz CT molecular complexity index is 127. The largest absolute Gasteiger partial charge is 0.377 e. The van der Waals surface area contributed by atoms with Gasteiger partial charge in [0.2, 0.25) is 0 Å². The van der Waals surface area contributed by atoms with E-state index >= 15 is 0 Å². The molecule has 0 amide bonds. The van der Waals surface area contributed by atoms with Gasteiger partial charge in [0.15, 0.2) is 0 Å². The molecular formula is C9H16O. The molecule has 0 heterocycles. The highest BCUT2D eigenvalue weighted by Crippen LogP contribution is 2.21. The van der Waals surface area contributed by atoms with Crippen molar-refractivity contribution in [1.29, 1.82) is 0 Å². The molecule has 1 aliphatic rings. The molecule has 1 aliphatic carbocycles. The summed E-state index contributed by atoms with van der Waals surface area (Å²) in [6.45, 7) is 2.12. The van der Waals surface area contributed by atoms with Crippen LogP contribution in [0.2, 0.25) is 0 Å². The summed E-state index contributed by atoms with van der Waals surface area (Å²) < 4.78 is 5.22. The minimum absolute atomic E-state index is 0.347. The number of allylic oxidation sites excluding steroid dienone is 1. The van der Waals surface area contributed by atoms with Crippen molar-refractivity contribution in [2.75, 3.05) is 7.11 Å². The first-order valence-corrected chi connectivity index (χ1v) is 4.06. The van der Waals surface area contributed by atoms with Crippen molar-refractivity contribution in [2.45, 2.75) is 38.7 Å². The van der Waals surface area contributed by atoms with Crippen LogP contribution in [0.3, 0.4) is 0 Å². The summed E-state index contributed by atoms with van der Waals surface area (Å²) in [6.07, 6.45) is 7.88. The van der Waals surface area contributed by atoms with Crippen molar-refractivity contribution in [3.8, 4) is 0 Å². The highest BCUT2D eigenvalue weighted by atomic mass is 16.5. The van der Waals surface area contributed by atoms with Gasteiger partial charge in [-0.15, -0.1) is 0 Å². The van der Waals surface area contributed by atoms with E-state index in [0.29, 0.717) is 6.10 Å². The van der Waals surface area contributed by atoms with Crippen LogP contribution in [0.5, 0.6) is 0 Å². The molecule has 0 aromatic heterocycles. The van der Waals surface area contributed by atoms with E-state index in [1.165, 1.54) is 31.3 Å². The Morgan fingerprint density at radius 1 is 1.50 bits per heavy atom. The van der Waals surface area contributed by atoms with Gasteiger partial charge in [0.25, 0.3) is 0 Å². The summed E-state index contributed by atoms with van der Waals surface area (Å²) in [4.78, 5) is 0. The Balaban J connectivity index is 2.44. The predicted molar refractivity (Wildman–Crippen MR) is 43.0 cm³/mol. The fourth-order valence-corrected chi connectivity index (χ4v) is 1.38. The van der Waals surface area contributed by atoms with E-state index < -0.39 is 0 Å². The molecule has 1 rings (SSSR count). The number of methoxy groups -OCH3 is 1. The Labute approximate surface area is 63.1 Å². The molecule has 0 N–H and O–H groups in total. The van der Waals surface area contributed by atoms with E-state index in [0.717, 1.165) is 0 Å². The number of ether oxygens (including phenoxy) is 1. The van der Waals surface area contributed by atoms with E-state index in [4.69, 9.17) is 4.74 Å². The lowest BCUT2D eigenvalue weighted by atomic mass is 9.96. The minimum atomic E-state index is 0.347. The minimum Gasteiger partial charge on any atom is -0.377 e. The number of hydrogen-bond donors (Lipinski definition) is 0. The first-order chi connectivity index (χ1) is 4.84. The van der Waals surface area contributed by atoms with Crippen molar-refractivity contribution in [3.63, 3.8) is 0 Å². The van der Waals surface area contributed by atoms with Crippen molar-refractivity contribution < 1.29 is 4.74 Å². The van der Waals surface area contributed by atoms with Crippen LogP contribution in [-0.4, -0.2) is 13.2 Å². The summed E-state index contributed by atoms with van der Waals surface area (Å²) >= 11 is 0. The van der Waals surface area contributed by atoms with Gasteiger partial charge >= 0.3 is 0 Å². The van der Waals surface area contributed by atoms with Gasteiger partial charge < -0.3 is 4.74 Å². The topological polar surface area (TPSA) is 9.23 Å². The Hall–Kier alpha value is -0.300. The average Bonchev–Trinajstić information content (AvgIpc) is 2.05. The van der Waals surface area contributed by atoms with Crippen molar-refractivity contribution in [1.82, 2.24) is 0 Å². The summed E-state index contributed by atoms with van der Waals surface area (Å²) in [5.41, 5.74) is 1.49. The summed E-state index contributed by atoms with van der Waals surface area (Å²) in [6, 6.07) is 0. The zero-order chi connectivity index (χ0) is 7.40. The molecule has 0 saturated heterocycles. The van der Waals surface area contributed by atoms with Crippen LogP contribution in [0.25, 0.3) is 0 Å². The van der Waals surface area contributed by atoms with Gasteiger partial charge in [-0.2, -0.15) is 0 Å². The Morgan fingerprint density at radius 3 is 2.80 bits per heavy atom. The number of rotatable bonds is 2. The van der Waals surface area contributed by atoms with Crippen molar-refractivity contribution >= 4 is 0 Å². The summed E-state index contributed by atoms with van der Waals surface area (Å²) in [7, 11) is 1.78. The van der Waals surface area contributed by atoms with Crippen LogP contribution in [0.15, 0.2) is 11.6 Å². The molecule has 0 fully saturated rings. The molecule has 1 nitrogen and oxygen atoms in total. The third-order valence-corrected chi connectivity index (χ3v) is 2.20. The van der Waals surface area contributed by atoms with Crippen LogP contribution in [0.4, 0.5) is 0 Å². The zero-order valence-electron chi connectivity index (χ0n) is 6.89. The van der Waals surface area contributed by atoms with Crippen molar-refractivity contribution in [3.05, 3.63) is 11.6 Å². The lowest BCUT2D eigenvalue weighted by molar-refractivity contribution is 0.142. The van der Waals surface area contributed by atoms with E-state index in [-0.39, 0.29) is 0 Å². The molecule has 0 aromatic carbocycles. The Morgan fingerprint density at radius 2 is 2.30 bits per heavy atom. The predicted octanol–water partition coefficient (Wildman–Crippen LogP) is 2.52. The highest BCUT2D eigenvalue weighted by molar-refractivity contribution is 5.09. The monoisotopic (exact) mass is 140 g/mol. The van der Waals surface area contributed by atoms with Crippen LogP contribution in [0, 0.1) is 0 Å². The third kappa shape index (κ3) is 1.84. The lowest BCUT2D eigenvalue weighted by Crippen LogP contribution is -2.10. The van der Waals surface area contributed by atoms with Gasteiger partial charge in [-0.25, -0.2) is 0 Å². The Kier molecular flexibility index (Phi) is 2.94. The maximum Gasteiger partial charge on any atom is 0.0753 e. The molecule has 58 valence electrons. The molecule has 0 aliphatic heterocycles. The van der Waals surface area contributed by atoms with Gasteiger partial charge in [-0.05, 0) is 38.2 Å². The average molecular weight is 140 g/mol. The molecule has 1 heteroatoms. The molecule has 10 heavy (non-hydrogen) atoms. The van der Waals surface area contributed by atoms with Crippen LogP contribution >= 0.6 is 0 Å². The highest BCUT2D eigenvalue weighted by Gasteiger charge is 2.09. The molecule has 0 bridgehead atoms. The third-order valence-electron chi connectivity index (χ3n) is 2.20. The van der Waals surface area contributed by atoms with Crippen LogP contribution < -0.4 is 0 Å². The smallest absolute Gasteiger partial charge is 0.0753 e. The second kappa shape index (κ2) is 3.77. The van der Waals surface area contributed by atoms with Gasteiger partial charge in [0.1, 0.15) is 0 Å². The summed E-state index contributed by atoms with van der Waals surface area (Å²) in [5, 5.41) is 0. The molecule has 0 saturated carbocycles. The van der Waals surface area contributed by atoms with E-state index in [1.54, 1.807) is 7.11 Å². The quantitative estimate of drug-likeness (QED) is 0.535. The first kappa shape index (κ1) is 7.80. The molecule has 0 aromatic rings. The maximum absolute atomic E-state index is 5.22. The molecule has 0 radical (unpaired) electrons. The molecule has 0 spiro atoms. The normalized spacial score (nSPS) is 22.0. The number of hydrogen-bond acceptors (Lipinski definition) is 1. The summed E-state index contributed by atoms with van der Waals surface area (Å²) in [5.74, 6) is 0. The second-order valence-corrected chi connectivity index (χ2v) is 2.90. The van der Waals surface area contributed by atoms with Crippen molar-refractivity contribution in [2.24, 2.45) is 0 Å². The van der Waals surface area contributed by atoms with E-state index in [1.807, 2.05) is 0 Å². The fraction of sp³-hybridized carbons (Fsp3) is 0.778. The second-order valence-electron chi connectivity index (χ2n) is 2.90. The first-order valence-electron chi connectivity index (χ1n) is 4.06. The molecule has 1 atom stereocenters. The standard InChI is InChI=1S/C9H16O/c1-8(10-2)9-6-4-3-5-7-9/h6,8H,3-5,7H2,1-2H3/t8-/m1/s1.